The fraction of sp³-hybridized carbons (Fsp3) is 0.417. The predicted octanol–water partition coefficient (Wildman–Crippen LogP) is 2.35. The lowest BCUT2D eigenvalue weighted by Gasteiger charge is -2.14. The zero-order valence-corrected chi connectivity index (χ0v) is 12.8. The molecule has 0 fully saturated rings. The summed E-state index contributed by atoms with van der Waals surface area (Å²) in [4.78, 5) is 22.2. The molecule has 0 aromatic heterocycles. The largest absolute Gasteiger partial charge is 0.380 e. The van der Waals surface area contributed by atoms with Crippen LogP contribution in [0.5, 0.6) is 0 Å². The van der Waals surface area contributed by atoms with Crippen molar-refractivity contribution in [2.75, 3.05) is 13.2 Å². The Balaban J connectivity index is 2.81. The van der Waals surface area contributed by atoms with Crippen LogP contribution in [0.1, 0.15) is 24.2 Å². The van der Waals surface area contributed by atoms with Crippen LogP contribution in [0.15, 0.2) is 18.2 Å². The summed E-state index contributed by atoms with van der Waals surface area (Å²) in [5.74, 6) is -0.333. The van der Waals surface area contributed by atoms with Crippen LogP contribution in [-0.2, 0) is 4.74 Å². The van der Waals surface area contributed by atoms with Crippen molar-refractivity contribution in [3.8, 4) is 0 Å². The number of benzene rings is 1. The van der Waals surface area contributed by atoms with Crippen molar-refractivity contribution in [3.63, 3.8) is 0 Å². The van der Waals surface area contributed by atoms with Crippen LogP contribution in [0.4, 0.5) is 5.69 Å². The van der Waals surface area contributed by atoms with Gasteiger partial charge in [-0.2, -0.15) is 0 Å². The Kier molecular flexibility index (Phi) is 6.16. The molecule has 1 aromatic rings. The Morgan fingerprint density at radius 1 is 1.58 bits per heavy atom. The molecule has 1 rings (SSSR count). The highest BCUT2D eigenvalue weighted by molar-refractivity contribution is 14.1. The van der Waals surface area contributed by atoms with E-state index in [2.05, 4.69) is 5.32 Å². The van der Waals surface area contributed by atoms with Crippen LogP contribution >= 0.6 is 22.6 Å². The van der Waals surface area contributed by atoms with Crippen LogP contribution in [0.3, 0.4) is 0 Å². The first-order valence-electron chi connectivity index (χ1n) is 5.78. The molecule has 1 unspecified atom stereocenters. The monoisotopic (exact) mass is 378 g/mol. The average molecular weight is 378 g/mol. The predicted molar refractivity (Wildman–Crippen MR) is 79.2 cm³/mol. The summed E-state index contributed by atoms with van der Waals surface area (Å²) in [7, 11) is 0. The van der Waals surface area contributed by atoms with Gasteiger partial charge in [-0.25, -0.2) is 0 Å². The van der Waals surface area contributed by atoms with Crippen molar-refractivity contribution >= 4 is 34.2 Å². The van der Waals surface area contributed by atoms with Crippen molar-refractivity contribution in [1.29, 1.82) is 0 Å². The summed E-state index contributed by atoms with van der Waals surface area (Å²) in [6, 6.07) is 4.07. The molecule has 7 heteroatoms. The molecule has 1 N–H and O–H groups in total. The van der Waals surface area contributed by atoms with Gasteiger partial charge in [-0.15, -0.1) is 0 Å². The number of nitro groups is 1. The summed E-state index contributed by atoms with van der Waals surface area (Å²) in [5.41, 5.74) is 0.209. The van der Waals surface area contributed by atoms with E-state index >= 15 is 0 Å². The molecular weight excluding hydrogens is 363 g/mol. The molecule has 19 heavy (non-hydrogen) atoms. The van der Waals surface area contributed by atoms with Gasteiger partial charge in [-0.1, -0.05) is 0 Å². The van der Waals surface area contributed by atoms with E-state index in [9.17, 15) is 14.9 Å². The van der Waals surface area contributed by atoms with Gasteiger partial charge in [0.25, 0.3) is 11.6 Å². The van der Waals surface area contributed by atoms with Crippen molar-refractivity contribution in [3.05, 3.63) is 37.4 Å². The first-order chi connectivity index (χ1) is 8.95. The van der Waals surface area contributed by atoms with Gasteiger partial charge in [0, 0.05) is 28.4 Å². The second kappa shape index (κ2) is 7.39. The first-order valence-corrected chi connectivity index (χ1v) is 6.86. The lowest BCUT2D eigenvalue weighted by molar-refractivity contribution is -0.384. The number of nitrogens with one attached hydrogen (secondary N) is 1. The van der Waals surface area contributed by atoms with Crippen molar-refractivity contribution < 1.29 is 14.5 Å². The number of nitro benzene ring substituents is 1. The highest BCUT2D eigenvalue weighted by Crippen LogP contribution is 2.19. The molecule has 6 nitrogen and oxygen atoms in total. The maximum absolute atomic E-state index is 12.0. The third-order valence-electron chi connectivity index (χ3n) is 2.35. The van der Waals surface area contributed by atoms with Gasteiger partial charge in [-0.3, -0.25) is 14.9 Å². The fourth-order valence-electron chi connectivity index (χ4n) is 1.44. The number of ether oxygens (including phenoxy) is 1. The number of hydrogen-bond acceptors (Lipinski definition) is 4. The smallest absolute Gasteiger partial charge is 0.270 e. The first kappa shape index (κ1) is 15.8. The number of carbonyl (C=O) groups excluding carboxylic acids is 1. The summed E-state index contributed by atoms with van der Waals surface area (Å²) < 4.78 is 5.87. The number of amides is 1. The van der Waals surface area contributed by atoms with Gasteiger partial charge in [-0.05, 0) is 42.5 Å². The molecule has 0 saturated carbocycles. The van der Waals surface area contributed by atoms with Gasteiger partial charge in [0.2, 0.25) is 0 Å². The van der Waals surface area contributed by atoms with E-state index in [-0.39, 0.29) is 17.6 Å². The van der Waals surface area contributed by atoms with Crippen LogP contribution in [0.25, 0.3) is 0 Å². The Morgan fingerprint density at radius 2 is 2.26 bits per heavy atom. The minimum atomic E-state index is -0.517. The fourth-order valence-corrected chi connectivity index (χ4v) is 2.02. The summed E-state index contributed by atoms with van der Waals surface area (Å²) >= 11 is 1.98. The van der Waals surface area contributed by atoms with E-state index in [0.29, 0.717) is 22.3 Å². The molecule has 0 spiro atoms. The average Bonchev–Trinajstić information content (AvgIpc) is 2.36. The molecule has 1 atom stereocenters. The standard InChI is InChI=1S/C12H15IN2O4/c1-3-19-7-8(2)14-12(16)10-6-9(15(17)18)4-5-11(10)13/h4-6,8H,3,7H2,1-2H3,(H,14,16). The Morgan fingerprint density at radius 3 is 2.84 bits per heavy atom. The van der Waals surface area contributed by atoms with Gasteiger partial charge in [0.05, 0.1) is 17.1 Å². The van der Waals surface area contributed by atoms with E-state index in [4.69, 9.17) is 4.74 Å². The van der Waals surface area contributed by atoms with Crippen molar-refractivity contribution in [1.82, 2.24) is 5.32 Å². The number of carbonyl (C=O) groups is 1. The van der Waals surface area contributed by atoms with E-state index in [1.165, 1.54) is 12.1 Å². The number of nitrogens with zero attached hydrogens (tertiary/aromatic N) is 1. The Hall–Kier alpha value is -1.22. The number of halogens is 1. The lowest BCUT2D eigenvalue weighted by atomic mass is 10.2. The maximum Gasteiger partial charge on any atom is 0.270 e. The van der Waals surface area contributed by atoms with E-state index < -0.39 is 4.92 Å². The van der Waals surface area contributed by atoms with Gasteiger partial charge in [0.15, 0.2) is 0 Å². The lowest BCUT2D eigenvalue weighted by Crippen LogP contribution is -2.36. The maximum atomic E-state index is 12.0. The van der Waals surface area contributed by atoms with Crippen LogP contribution in [-0.4, -0.2) is 30.1 Å². The molecule has 1 aromatic carbocycles. The third-order valence-corrected chi connectivity index (χ3v) is 3.30. The minimum absolute atomic E-state index is 0.0944. The van der Waals surface area contributed by atoms with Gasteiger partial charge < -0.3 is 10.1 Å². The van der Waals surface area contributed by atoms with Gasteiger partial charge >= 0.3 is 0 Å². The Labute approximate surface area is 124 Å². The van der Waals surface area contributed by atoms with E-state index in [1.807, 2.05) is 36.4 Å². The van der Waals surface area contributed by atoms with Crippen LogP contribution < -0.4 is 5.32 Å². The van der Waals surface area contributed by atoms with E-state index in [1.54, 1.807) is 6.07 Å². The summed E-state index contributed by atoms with van der Waals surface area (Å²) in [6.45, 7) is 4.68. The number of non-ortho nitro benzene ring substituents is 1. The molecule has 0 bridgehead atoms. The molecule has 0 aliphatic heterocycles. The molecule has 0 aliphatic rings. The molecule has 0 aliphatic carbocycles. The summed E-state index contributed by atoms with van der Waals surface area (Å²) in [5, 5.41) is 13.4. The van der Waals surface area contributed by atoms with Crippen molar-refractivity contribution in [2.24, 2.45) is 0 Å². The highest BCUT2D eigenvalue weighted by atomic mass is 127. The second-order valence-corrected chi connectivity index (χ2v) is 5.12. The normalized spacial score (nSPS) is 11.9. The highest BCUT2D eigenvalue weighted by Gasteiger charge is 2.17. The van der Waals surface area contributed by atoms with E-state index in [0.717, 1.165) is 0 Å². The zero-order valence-electron chi connectivity index (χ0n) is 10.7. The SMILES string of the molecule is CCOCC(C)NC(=O)c1cc([N+](=O)[O-])ccc1I. The quantitative estimate of drug-likeness (QED) is 0.468. The molecule has 0 saturated heterocycles. The van der Waals surface area contributed by atoms with Gasteiger partial charge in [0.1, 0.15) is 0 Å². The number of rotatable bonds is 6. The molecule has 104 valence electrons. The third kappa shape index (κ3) is 4.75. The van der Waals surface area contributed by atoms with Crippen LogP contribution in [0.2, 0.25) is 0 Å². The molecule has 1 amide bonds. The Bertz CT molecular complexity index is 479. The minimum Gasteiger partial charge on any atom is -0.380 e. The van der Waals surface area contributed by atoms with Crippen molar-refractivity contribution in [2.45, 2.75) is 19.9 Å². The molecule has 0 radical (unpaired) electrons. The summed E-state index contributed by atoms with van der Waals surface area (Å²) in [6.07, 6.45) is 0. The van der Waals surface area contributed by atoms with Crippen LogP contribution in [0, 0.1) is 13.7 Å². The topological polar surface area (TPSA) is 81.5 Å². The molecule has 0 heterocycles. The number of hydrogen-bond donors (Lipinski definition) is 1. The second-order valence-electron chi connectivity index (χ2n) is 3.96. The zero-order chi connectivity index (χ0) is 14.4. The molecular formula is C12H15IN2O4.